The first-order chi connectivity index (χ1) is 11.8. The van der Waals surface area contributed by atoms with E-state index in [0.29, 0.717) is 18.6 Å². The third-order valence-corrected chi connectivity index (χ3v) is 5.03. The number of benzene rings is 1. The molecule has 2 heterocycles. The van der Waals surface area contributed by atoms with Crippen molar-refractivity contribution in [1.82, 2.24) is 19.9 Å². The first kappa shape index (κ1) is 17.1. The van der Waals surface area contributed by atoms with Crippen LogP contribution in [0.1, 0.15) is 49.4 Å². The molecule has 0 unspecified atom stereocenters. The average molecular weight is 328 g/mol. The summed E-state index contributed by atoms with van der Waals surface area (Å²) in [5.74, 6) is 0.621. The van der Waals surface area contributed by atoms with E-state index in [0.717, 1.165) is 31.6 Å². The maximum atomic E-state index is 5.11. The molecule has 5 heteroatoms. The second kappa shape index (κ2) is 8.40. The van der Waals surface area contributed by atoms with Gasteiger partial charge in [0, 0.05) is 20.2 Å². The van der Waals surface area contributed by atoms with Gasteiger partial charge >= 0.3 is 0 Å². The predicted octanol–water partition coefficient (Wildman–Crippen LogP) is 3.26. The minimum atomic E-state index is 0.478. The SMILES string of the molecule is COCc1cn(C2CCN(CC[C@H](C)c3ccccc3)CC2)nn1. The molecule has 1 aliphatic rings. The first-order valence-corrected chi connectivity index (χ1v) is 8.93. The highest BCUT2D eigenvalue weighted by Gasteiger charge is 2.22. The van der Waals surface area contributed by atoms with E-state index < -0.39 is 0 Å². The van der Waals surface area contributed by atoms with E-state index in [4.69, 9.17) is 4.74 Å². The Morgan fingerprint density at radius 3 is 2.67 bits per heavy atom. The molecule has 1 atom stereocenters. The van der Waals surface area contributed by atoms with Gasteiger partial charge in [0.05, 0.1) is 18.8 Å². The van der Waals surface area contributed by atoms with Crippen molar-refractivity contribution in [1.29, 1.82) is 0 Å². The first-order valence-electron chi connectivity index (χ1n) is 8.93. The molecule has 1 fully saturated rings. The van der Waals surface area contributed by atoms with Crippen molar-refractivity contribution in [3.8, 4) is 0 Å². The number of hydrogen-bond acceptors (Lipinski definition) is 4. The Morgan fingerprint density at radius 2 is 1.96 bits per heavy atom. The van der Waals surface area contributed by atoms with Gasteiger partial charge in [-0.15, -0.1) is 5.10 Å². The summed E-state index contributed by atoms with van der Waals surface area (Å²) in [6.07, 6.45) is 5.54. The zero-order chi connectivity index (χ0) is 16.8. The van der Waals surface area contributed by atoms with Gasteiger partial charge in [0.25, 0.3) is 0 Å². The van der Waals surface area contributed by atoms with Crippen molar-refractivity contribution in [2.45, 2.75) is 44.8 Å². The highest BCUT2D eigenvalue weighted by Crippen LogP contribution is 2.24. The van der Waals surface area contributed by atoms with Crippen LogP contribution >= 0.6 is 0 Å². The highest BCUT2D eigenvalue weighted by atomic mass is 16.5. The minimum Gasteiger partial charge on any atom is -0.378 e. The molecular weight excluding hydrogens is 300 g/mol. The van der Waals surface area contributed by atoms with Crippen molar-refractivity contribution in [3.63, 3.8) is 0 Å². The van der Waals surface area contributed by atoms with E-state index in [1.165, 1.54) is 18.5 Å². The number of ether oxygens (including phenoxy) is 1. The van der Waals surface area contributed by atoms with Crippen LogP contribution in [0.5, 0.6) is 0 Å². The minimum absolute atomic E-state index is 0.478. The monoisotopic (exact) mass is 328 g/mol. The van der Waals surface area contributed by atoms with E-state index in [1.54, 1.807) is 7.11 Å². The largest absolute Gasteiger partial charge is 0.378 e. The second-order valence-corrected chi connectivity index (χ2v) is 6.80. The third kappa shape index (κ3) is 4.42. The van der Waals surface area contributed by atoms with E-state index in [1.807, 2.05) is 10.9 Å². The van der Waals surface area contributed by atoms with Crippen molar-refractivity contribution in [3.05, 3.63) is 47.8 Å². The molecule has 0 N–H and O–H groups in total. The van der Waals surface area contributed by atoms with Crippen molar-refractivity contribution in [2.75, 3.05) is 26.7 Å². The van der Waals surface area contributed by atoms with Gasteiger partial charge in [-0.05, 0) is 37.3 Å². The van der Waals surface area contributed by atoms with Crippen LogP contribution in [0.3, 0.4) is 0 Å². The molecule has 130 valence electrons. The maximum absolute atomic E-state index is 5.11. The third-order valence-electron chi connectivity index (χ3n) is 5.03. The van der Waals surface area contributed by atoms with Crippen molar-refractivity contribution >= 4 is 0 Å². The van der Waals surface area contributed by atoms with Crippen LogP contribution in [0.2, 0.25) is 0 Å². The van der Waals surface area contributed by atoms with Gasteiger partial charge in [-0.2, -0.15) is 0 Å². The summed E-state index contributed by atoms with van der Waals surface area (Å²) in [5, 5.41) is 8.43. The van der Waals surface area contributed by atoms with Crippen LogP contribution in [-0.2, 0) is 11.3 Å². The van der Waals surface area contributed by atoms with Crippen LogP contribution < -0.4 is 0 Å². The highest BCUT2D eigenvalue weighted by molar-refractivity contribution is 5.18. The summed E-state index contributed by atoms with van der Waals surface area (Å²) in [6.45, 7) is 6.33. The normalized spacial score (nSPS) is 17.9. The fraction of sp³-hybridized carbons (Fsp3) is 0.579. The molecule has 24 heavy (non-hydrogen) atoms. The number of aromatic nitrogens is 3. The molecule has 0 bridgehead atoms. The molecule has 2 aromatic rings. The molecule has 0 spiro atoms. The second-order valence-electron chi connectivity index (χ2n) is 6.80. The predicted molar refractivity (Wildman–Crippen MR) is 94.9 cm³/mol. The molecule has 1 aliphatic heterocycles. The number of likely N-dealkylation sites (tertiary alicyclic amines) is 1. The summed E-state index contributed by atoms with van der Waals surface area (Å²) < 4.78 is 7.14. The van der Waals surface area contributed by atoms with E-state index in [2.05, 4.69) is 52.5 Å². The van der Waals surface area contributed by atoms with Gasteiger partial charge in [0.15, 0.2) is 0 Å². The molecule has 0 aliphatic carbocycles. The fourth-order valence-corrected chi connectivity index (χ4v) is 3.44. The average Bonchev–Trinajstić information content (AvgIpc) is 3.10. The lowest BCUT2D eigenvalue weighted by atomic mass is 9.97. The van der Waals surface area contributed by atoms with Crippen LogP contribution in [-0.4, -0.2) is 46.6 Å². The van der Waals surface area contributed by atoms with Gasteiger partial charge in [-0.25, -0.2) is 4.68 Å². The lowest BCUT2D eigenvalue weighted by Gasteiger charge is -2.32. The van der Waals surface area contributed by atoms with Gasteiger partial charge in [0.2, 0.25) is 0 Å². The standard InChI is InChI=1S/C19H28N4O/c1-16(17-6-4-3-5-7-17)8-11-22-12-9-19(10-13-22)23-14-18(15-24-2)20-21-23/h3-7,14,16,19H,8-13,15H2,1-2H3/t16-/m0/s1. The zero-order valence-corrected chi connectivity index (χ0v) is 14.8. The quantitative estimate of drug-likeness (QED) is 0.782. The maximum Gasteiger partial charge on any atom is 0.108 e. The number of hydrogen-bond donors (Lipinski definition) is 0. The number of nitrogens with zero attached hydrogens (tertiary/aromatic N) is 4. The Morgan fingerprint density at radius 1 is 1.21 bits per heavy atom. The van der Waals surface area contributed by atoms with Crippen molar-refractivity contribution in [2.24, 2.45) is 0 Å². The van der Waals surface area contributed by atoms with Crippen LogP contribution in [0.25, 0.3) is 0 Å². The molecule has 1 aromatic carbocycles. The molecule has 0 amide bonds. The van der Waals surface area contributed by atoms with Crippen LogP contribution in [0, 0.1) is 0 Å². The summed E-state index contributed by atoms with van der Waals surface area (Å²) in [7, 11) is 1.69. The van der Waals surface area contributed by atoms with Gasteiger partial charge in [-0.1, -0.05) is 42.5 Å². The fourth-order valence-electron chi connectivity index (χ4n) is 3.44. The van der Waals surface area contributed by atoms with Gasteiger partial charge in [0.1, 0.15) is 5.69 Å². The van der Waals surface area contributed by atoms with E-state index in [-0.39, 0.29) is 0 Å². The van der Waals surface area contributed by atoms with E-state index >= 15 is 0 Å². The Bertz CT molecular complexity index is 605. The van der Waals surface area contributed by atoms with Gasteiger partial charge < -0.3 is 9.64 Å². The summed E-state index contributed by atoms with van der Waals surface area (Å²) in [4.78, 5) is 2.59. The summed E-state index contributed by atoms with van der Waals surface area (Å²) in [6, 6.07) is 11.3. The molecule has 1 saturated heterocycles. The molecule has 0 radical (unpaired) electrons. The van der Waals surface area contributed by atoms with E-state index in [9.17, 15) is 0 Å². The number of rotatable bonds is 7. The summed E-state index contributed by atoms with van der Waals surface area (Å²) in [5.41, 5.74) is 2.36. The van der Waals surface area contributed by atoms with Crippen LogP contribution in [0.15, 0.2) is 36.5 Å². The Kier molecular flexibility index (Phi) is 5.99. The van der Waals surface area contributed by atoms with Crippen LogP contribution in [0.4, 0.5) is 0 Å². The number of methoxy groups -OCH3 is 1. The molecule has 3 rings (SSSR count). The Labute approximate surface area is 144 Å². The lowest BCUT2D eigenvalue weighted by molar-refractivity contribution is 0.174. The Balaban J connectivity index is 1.43. The topological polar surface area (TPSA) is 43.2 Å². The molecule has 1 aromatic heterocycles. The molecule has 5 nitrogen and oxygen atoms in total. The lowest BCUT2D eigenvalue weighted by Crippen LogP contribution is -2.35. The summed E-state index contributed by atoms with van der Waals surface area (Å²) >= 11 is 0. The molecular formula is C19H28N4O. The number of piperidine rings is 1. The molecule has 0 saturated carbocycles. The zero-order valence-electron chi connectivity index (χ0n) is 14.8. The Hall–Kier alpha value is -1.72. The van der Waals surface area contributed by atoms with Crippen molar-refractivity contribution < 1.29 is 4.74 Å². The smallest absolute Gasteiger partial charge is 0.108 e. The van der Waals surface area contributed by atoms with Gasteiger partial charge in [-0.3, -0.25) is 0 Å².